The summed E-state index contributed by atoms with van der Waals surface area (Å²) < 4.78 is 0. The maximum atomic E-state index is 12.0. The Labute approximate surface area is 113 Å². The smallest absolute Gasteiger partial charge is 0.337 e. The average molecular weight is 277 g/mol. The van der Waals surface area contributed by atoms with E-state index in [4.69, 9.17) is 16.7 Å². The van der Waals surface area contributed by atoms with E-state index in [0.717, 1.165) is 0 Å². The molecule has 1 aromatic heterocycles. The van der Waals surface area contributed by atoms with Crippen LogP contribution in [-0.2, 0) is 0 Å². The number of para-hydroxylation sites is 1. The summed E-state index contributed by atoms with van der Waals surface area (Å²) in [6.07, 6.45) is 2.78. The lowest BCUT2D eigenvalue weighted by Crippen LogP contribution is -2.15. The van der Waals surface area contributed by atoms with Crippen molar-refractivity contribution in [2.24, 2.45) is 0 Å². The average Bonchev–Trinajstić information content (AvgIpc) is 2.39. The highest BCUT2D eigenvalue weighted by Gasteiger charge is 2.14. The molecule has 0 saturated carbocycles. The van der Waals surface area contributed by atoms with E-state index in [0.29, 0.717) is 0 Å². The molecule has 0 unspecified atom stereocenters. The van der Waals surface area contributed by atoms with Crippen molar-refractivity contribution >= 4 is 29.2 Å². The quantitative estimate of drug-likeness (QED) is 0.903. The maximum absolute atomic E-state index is 12.0. The summed E-state index contributed by atoms with van der Waals surface area (Å²) >= 11 is 5.85. The molecule has 2 rings (SSSR count). The van der Waals surface area contributed by atoms with E-state index in [9.17, 15) is 9.59 Å². The molecule has 0 radical (unpaired) electrons. The first-order chi connectivity index (χ1) is 9.09. The number of aromatic nitrogens is 1. The van der Waals surface area contributed by atoms with Gasteiger partial charge in [0.05, 0.1) is 21.8 Å². The Balaban J connectivity index is 2.30. The van der Waals surface area contributed by atoms with E-state index in [1.54, 1.807) is 12.1 Å². The topological polar surface area (TPSA) is 79.3 Å². The van der Waals surface area contributed by atoms with Crippen LogP contribution in [0.3, 0.4) is 0 Å². The molecule has 0 atom stereocenters. The number of hydrogen-bond acceptors (Lipinski definition) is 3. The van der Waals surface area contributed by atoms with Gasteiger partial charge in [0.2, 0.25) is 0 Å². The Hall–Kier alpha value is -2.40. The van der Waals surface area contributed by atoms with Crippen molar-refractivity contribution in [3.05, 3.63) is 58.9 Å². The van der Waals surface area contributed by atoms with Crippen LogP contribution < -0.4 is 5.32 Å². The van der Waals surface area contributed by atoms with Gasteiger partial charge in [0.1, 0.15) is 0 Å². The fraction of sp³-hybridized carbons (Fsp3) is 0. The minimum Gasteiger partial charge on any atom is -0.478 e. The molecule has 0 saturated heterocycles. The van der Waals surface area contributed by atoms with Gasteiger partial charge in [0.25, 0.3) is 5.91 Å². The number of aromatic carboxylic acids is 1. The molecule has 0 bridgehead atoms. The van der Waals surface area contributed by atoms with Crippen molar-refractivity contribution in [1.82, 2.24) is 4.98 Å². The van der Waals surface area contributed by atoms with Crippen LogP contribution in [0, 0.1) is 0 Å². The zero-order valence-electron chi connectivity index (χ0n) is 9.63. The Morgan fingerprint density at radius 1 is 1.16 bits per heavy atom. The Kier molecular flexibility index (Phi) is 3.77. The fourth-order valence-electron chi connectivity index (χ4n) is 1.53. The van der Waals surface area contributed by atoms with E-state index >= 15 is 0 Å². The minimum atomic E-state index is -1.11. The van der Waals surface area contributed by atoms with Crippen LogP contribution in [-0.4, -0.2) is 22.0 Å². The van der Waals surface area contributed by atoms with E-state index in [-0.39, 0.29) is 21.8 Å². The second kappa shape index (κ2) is 5.49. The van der Waals surface area contributed by atoms with Gasteiger partial charge in [-0.15, -0.1) is 0 Å². The number of benzene rings is 1. The van der Waals surface area contributed by atoms with Crippen molar-refractivity contribution in [1.29, 1.82) is 0 Å². The zero-order chi connectivity index (χ0) is 13.8. The second-order valence-electron chi connectivity index (χ2n) is 3.66. The van der Waals surface area contributed by atoms with E-state index in [1.807, 2.05) is 0 Å². The van der Waals surface area contributed by atoms with Crippen molar-refractivity contribution in [3.8, 4) is 0 Å². The molecule has 1 heterocycles. The predicted octanol–water partition coefficient (Wildman–Crippen LogP) is 2.69. The summed E-state index contributed by atoms with van der Waals surface area (Å²) in [4.78, 5) is 26.8. The Morgan fingerprint density at radius 2 is 1.89 bits per heavy atom. The third-order valence-corrected chi connectivity index (χ3v) is 2.72. The number of carboxylic acid groups (broad SMARTS) is 1. The highest BCUT2D eigenvalue weighted by molar-refractivity contribution is 6.34. The SMILES string of the molecule is O=C(Nc1ccccc1C(=O)O)c1ccncc1Cl. The van der Waals surface area contributed by atoms with Crippen LogP contribution in [0.25, 0.3) is 0 Å². The van der Waals surface area contributed by atoms with E-state index < -0.39 is 11.9 Å². The number of nitrogens with zero attached hydrogens (tertiary/aromatic N) is 1. The van der Waals surface area contributed by atoms with Crippen molar-refractivity contribution in [2.45, 2.75) is 0 Å². The molecular formula is C13H9ClN2O3. The highest BCUT2D eigenvalue weighted by atomic mass is 35.5. The number of nitrogens with one attached hydrogen (secondary N) is 1. The van der Waals surface area contributed by atoms with Crippen LogP contribution in [0.15, 0.2) is 42.7 Å². The van der Waals surface area contributed by atoms with Crippen LogP contribution in [0.4, 0.5) is 5.69 Å². The molecule has 5 nitrogen and oxygen atoms in total. The number of amides is 1. The molecule has 19 heavy (non-hydrogen) atoms. The largest absolute Gasteiger partial charge is 0.478 e. The normalized spacial score (nSPS) is 9.95. The highest BCUT2D eigenvalue weighted by Crippen LogP contribution is 2.19. The van der Waals surface area contributed by atoms with E-state index in [2.05, 4.69) is 10.3 Å². The first-order valence-electron chi connectivity index (χ1n) is 5.33. The molecule has 6 heteroatoms. The minimum absolute atomic E-state index is 0.0148. The molecule has 1 aromatic carbocycles. The first kappa shape index (κ1) is 13.0. The molecule has 2 aromatic rings. The second-order valence-corrected chi connectivity index (χ2v) is 4.07. The summed E-state index contributed by atoms with van der Waals surface area (Å²) in [5, 5.41) is 11.7. The van der Waals surface area contributed by atoms with Crippen molar-refractivity contribution in [2.75, 3.05) is 5.32 Å². The molecule has 0 spiro atoms. The lowest BCUT2D eigenvalue weighted by Gasteiger charge is -2.08. The summed E-state index contributed by atoms with van der Waals surface area (Å²) in [6, 6.07) is 7.60. The number of carbonyl (C=O) groups excluding carboxylic acids is 1. The Bertz CT molecular complexity index is 643. The summed E-state index contributed by atoms with van der Waals surface area (Å²) in [6.45, 7) is 0. The molecule has 0 aliphatic rings. The summed E-state index contributed by atoms with van der Waals surface area (Å²) in [5.41, 5.74) is 0.464. The van der Waals surface area contributed by atoms with Crippen molar-refractivity contribution in [3.63, 3.8) is 0 Å². The molecule has 0 aliphatic heterocycles. The summed E-state index contributed by atoms with van der Waals surface area (Å²) in [7, 11) is 0. The molecule has 2 N–H and O–H groups in total. The standard InChI is InChI=1S/C13H9ClN2O3/c14-10-7-15-6-5-8(10)12(17)16-11-4-2-1-3-9(11)13(18)19/h1-7H,(H,16,17)(H,18,19). The zero-order valence-corrected chi connectivity index (χ0v) is 10.4. The third kappa shape index (κ3) is 2.89. The number of halogens is 1. The lowest BCUT2D eigenvalue weighted by molar-refractivity contribution is 0.0698. The maximum Gasteiger partial charge on any atom is 0.337 e. The van der Waals surface area contributed by atoms with Gasteiger partial charge in [-0.2, -0.15) is 0 Å². The van der Waals surface area contributed by atoms with Crippen LogP contribution in [0.1, 0.15) is 20.7 Å². The monoisotopic (exact) mass is 276 g/mol. The Morgan fingerprint density at radius 3 is 2.58 bits per heavy atom. The molecule has 0 fully saturated rings. The molecule has 1 amide bonds. The summed E-state index contributed by atoms with van der Waals surface area (Å²) in [5.74, 6) is -1.60. The van der Waals surface area contributed by atoms with Crippen molar-refractivity contribution < 1.29 is 14.7 Å². The lowest BCUT2D eigenvalue weighted by atomic mass is 10.1. The molecule has 0 aliphatic carbocycles. The number of hydrogen-bond donors (Lipinski definition) is 2. The molecule has 96 valence electrons. The van der Waals surface area contributed by atoms with Gasteiger partial charge in [-0.25, -0.2) is 4.79 Å². The van der Waals surface area contributed by atoms with E-state index in [1.165, 1.54) is 30.6 Å². The number of rotatable bonds is 3. The van der Waals surface area contributed by atoms with Crippen LogP contribution in [0.2, 0.25) is 5.02 Å². The van der Waals surface area contributed by atoms with Crippen LogP contribution >= 0.6 is 11.6 Å². The number of pyridine rings is 1. The van der Waals surface area contributed by atoms with Gasteiger partial charge in [0.15, 0.2) is 0 Å². The number of carboxylic acids is 1. The molecular weight excluding hydrogens is 268 g/mol. The van der Waals surface area contributed by atoms with Gasteiger partial charge in [-0.1, -0.05) is 23.7 Å². The first-order valence-corrected chi connectivity index (χ1v) is 5.70. The van der Waals surface area contributed by atoms with Crippen LogP contribution in [0.5, 0.6) is 0 Å². The fourth-order valence-corrected chi connectivity index (χ4v) is 1.73. The van der Waals surface area contributed by atoms with Gasteiger partial charge in [-0.05, 0) is 18.2 Å². The van der Waals surface area contributed by atoms with Gasteiger partial charge >= 0.3 is 5.97 Å². The number of anilines is 1. The predicted molar refractivity (Wildman–Crippen MR) is 70.6 cm³/mol. The van der Waals surface area contributed by atoms with Gasteiger partial charge < -0.3 is 10.4 Å². The van der Waals surface area contributed by atoms with Gasteiger partial charge in [-0.3, -0.25) is 9.78 Å². The third-order valence-electron chi connectivity index (χ3n) is 2.42. The van der Waals surface area contributed by atoms with Gasteiger partial charge in [0, 0.05) is 12.4 Å². The number of carbonyl (C=O) groups is 2.